The summed E-state index contributed by atoms with van der Waals surface area (Å²) in [6.45, 7) is 2.84. The third kappa shape index (κ3) is 3.51. The van der Waals surface area contributed by atoms with Gasteiger partial charge in [0.2, 0.25) is 0 Å². The topological polar surface area (TPSA) is 53.4 Å². The molecule has 1 heterocycles. The molecule has 0 amide bonds. The maximum Gasteiger partial charge on any atom is 0.317 e. The fourth-order valence-corrected chi connectivity index (χ4v) is 3.26. The van der Waals surface area contributed by atoms with Gasteiger partial charge in [-0.3, -0.25) is 9.69 Å². The molecule has 0 radical (unpaired) electrons. The molecule has 5 heteroatoms. The molecule has 1 aliphatic rings. The third-order valence-corrected chi connectivity index (χ3v) is 4.11. The first-order valence-corrected chi connectivity index (χ1v) is 6.84. The lowest BCUT2D eigenvalue weighted by atomic mass is 10.2. The average Bonchev–Trinajstić information content (AvgIpc) is 2.87. The van der Waals surface area contributed by atoms with Crippen LogP contribution in [0.4, 0.5) is 0 Å². The summed E-state index contributed by atoms with van der Waals surface area (Å²) in [6.07, 6.45) is 6.57. The largest absolute Gasteiger partial charge is 0.480 e. The van der Waals surface area contributed by atoms with Crippen LogP contribution in [-0.2, 0) is 11.3 Å². The smallest absolute Gasteiger partial charge is 0.317 e. The lowest BCUT2D eigenvalue weighted by molar-refractivity contribution is -0.139. The van der Waals surface area contributed by atoms with E-state index in [2.05, 4.69) is 9.88 Å². The molecule has 0 atom stereocenters. The third-order valence-electron chi connectivity index (χ3n) is 3.21. The van der Waals surface area contributed by atoms with E-state index < -0.39 is 5.97 Å². The highest BCUT2D eigenvalue weighted by Gasteiger charge is 2.24. The molecule has 17 heavy (non-hydrogen) atoms. The first kappa shape index (κ1) is 12.5. The summed E-state index contributed by atoms with van der Waals surface area (Å²) in [7, 11) is 0. The number of rotatable bonds is 5. The van der Waals surface area contributed by atoms with Crippen molar-refractivity contribution in [2.45, 2.75) is 45.2 Å². The Morgan fingerprint density at radius 3 is 2.82 bits per heavy atom. The number of aromatic nitrogens is 1. The van der Waals surface area contributed by atoms with E-state index in [-0.39, 0.29) is 6.54 Å². The monoisotopic (exact) mass is 254 g/mol. The van der Waals surface area contributed by atoms with Gasteiger partial charge < -0.3 is 5.11 Å². The lowest BCUT2D eigenvalue weighted by Crippen LogP contribution is -2.36. The Morgan fingerprint density at radius 2 is 2.29 bits per heavy atom. The van der Waals surface area contributed by atoms with Gasteiger partial charge in [-0.2, -0.15) is 0 Å². The van der Waals surface area contributed by atoms with Crippen molar-refractivity contribution < 1.29 is 9.90 Å². The Hall–Kier alpha value is -0.940. The number of hydrogen-bond acceptors (Lipinski definition) is 4. The molecule has 1 aliphatic carbocycles. The molecule has 2 rings (SSSR count). The molecule has 0 bridgehead atoms. The normalized spacial score (nSPS) is 16.8. The van der Waals surface area contributed by atoms with Gasteiger partial charge in [-0.15, -0.1) is 11.3 Å². The second-order valence-electron chi connectivity index (χ2n) is 4.58. The number of aliphatic carboxylic acids is 1. The summed E-state index contributed by atoms with van der Waals surface area (Å²) in [5, 5.41) is 10.0. The van der Waals surface area contributed by atoms with Crippen molar-refractivity contribution in [1.82, 2.24) is 9.88 Å². The fraction of sp³-hybridized carbons (Fsp3) is 0.667. The quantitative estimate of drug-likeness (QED) is 0.876. The molecule has 94 valence electrons. The van der Waals surface area contributed by atoms with Crippen LogP contribution in [0.1, 0.15) is 35.6 Å². The van der Waals surface area contributed by atoms with Gasteiger partial charge in [0.25, 0.3) is 0 Å². The minimum atomic E-state index is -0.738. The van der Waals surface area contributed by atoms with Crippen LogP contribution in [0, 0.1) is 6.92 Å². The SMILES string of the molecule is Cc1ncc(CN(CC(=O)O)C2CCCC2)s1. The van der Waals surface area contributed by atoms with E-state index >= 15 is 0 Å². The van der Waals surface area contributed by atoms with Crippen molar-refractivity contribution in [3.8, 4) is 0 Å². The van der Waals surface area contributed by atoms with Crippen LogP contribution in [-0.4, -0.2) is 33.5 Å². The van der Waals surface area contributed by atoms with Gasteiger partial charge in [0.05, 0.1) is 11.6 Å². The zero-order valence-corrected chi connectivity index (χ0v) is 10.9. The molecule has 0 aromatic carbocycles. The molecule has 1 N–H and O–H groups in total. The Labute approximate surface area is 105 Å². The first-order valence-electron chi connectivity index (χ1n) is 6.02. The van der Waals surface area contributed by atoms with Crippen LogP contribution < -0.4 is 0 Å². The second kappa shape index (κ2) is 5.60. The summed E-state index contributed by atoms with van der Waals surface area (Å²) >= 11 is 1.66. The number of nitrogens with zero attached hydrogens (tertiary/aromatic N) is 2. The number of aryl methyl sites for hydroxylation is 1. The molecule has 1 aromatic heterocycles. The van der Waals surface area contributed by atoms with Gasteiger partial charge in [-0.05, 0) is 19.8 Å². The number of carbonyl (C=O) groups is 1. The minimum absolute atomic E-state index is 0.140. The minimum Gasteiger partial charge on any atom is -0.480 e. The van der Waals surface area contributed by atoms with E-state index in [4.69, 9.17) is 5.11 Å². The Morgan fingerprint density at radius 1 is 1.59 bits per heavy atom. The van der Waals surface area contributed by atoms with Crippen molar-refractivity contribution in [3.05, 3.63) is 16.1 Å². The van der Waals surface area contributed by atoms with Crippen molar-refractivity contribution in [2.75, 3.05) is 6.54 Å². The van der Waals surface area contributed by atoms with Crippen LogP contribution in [0.25, 0.3) is 0 Å². The van der Waals surface area contributed by atoms with E-state index in [1.165, 1.54) is 12.8 Å². The number of carboxylic acids is 1. The zero-order chi connectivity index (χ0) is 12.3. The van der Waals surface area contributed by atoms with E-state index in [1.807, 2.05) is 13.1 Å². The van der Waals surface area contributed by atoms with E-state index in [0.29, 0.717) is 6.04 Å². The molecule has 0 spiro atoms. The molecule has 4 nitrogen and oxygen atoms in total. The Balaban J connectivity index is 2.01. The van der Waals surface area contributed by atoms with Gasteiger partial charge in [0.15, 0.2) is 0 Å². The number of carboxylic acid groups (broad SMARTS) is 1. The lowest BCUT2D eigenvalue weighted by Gasteiger charge is -2.26. The van der Waals surface area contributed by atoms with Crippen molar-refractivity contribution in [3.63, 3.8) is 0 Å². The van der Waals surface area contributed by atoms with E-state index in [9.17, 15) is 4.79 Å². The predicted molar refractivity (Wildman–Crippen MR) is 67.2 cm³/mol. The number of thiazole rings is 1. The number of hydrogen-bond donors (Lipinski definition) is 1. The van der Waals surface area contributed by atoms with Crippen LogP contribution >= 0.6 is 11.3 Å². The average molecular weight is 254 g/mol. The summed E-state index contributed by atoms with van der Waals surface area (Å²) < 4.78 is 0. The highest BCUT2D eigenvalue weighted by molar-refractivity contribution is 7.11. The van der Waals surface area contributed by atoms with Crippen molar-refractivity contribution >= 4 is 17.3 Å². The fourth-order valence-electron chi connectivity index (χ4n) is 2.44. The molecule has 1 saturated carbocycles. The Bertz CT molecular complexity index is 386. The first-order chi connectivity index (χ1) is 8.15. The van der Waals surface area contributed by atoms with Crippen LogP contribution in [0.15, 0.2) is 6.20 Å². The summed E-state index contributed by atoms with van der Waals surface area (Å²) in [6, 6.07) is 0.438. The van der Waals surface area contributed by atoms with Gasteiger partial charge in [0, 0.05) is 23.7 Å². The Kier molecular flexibility index (Phi) is 4.12. The van der Waals surface area contributed by atoms with Crippen LogP contribution in [0.3, 0.4) is 0 Å². The highest BCUT2D eigenvalue weighted by atomic mass is 32.1. The van der Waals surface area contributed by atoms with Crippen LogP contribution in [0.2, 0.25) is 0 Å². The second-order valence-corrected chi connectivity index (χ2v) is 5.90. The molecule has 0 unspecified atom stereocenters. The van der Waals surface area contributed by atoms with Crippen molar-refractivity contribution in [2.24, 2.45) is 0 Å². The molecule has 1 aromatic rings. The van der Waals surface area contributed by atoms with Crippen molar-refractivity contribution in [1.29, 1.82) is 0 Å². The maximum absolute atomic E-state index is 10.9. The zero-order valence-electron chi connectivity index (χ0n) is 10.1. The molecular formula is C12H18N2O2S. The van der Waals surface area contributed by atoms with Gasteiger partial charge >= 0.3 is 5.97 Å². The van der Waals surface area contributed by atoms with Gasteiger partial charge in [-0.1, -0.05) is 12.8 Å². The summed E-state index contributed by atoms with van der Waals surface area (Å²) in [5.41, 5.74) is 0. The molecule has 0 saturated heterocycles. The standard InChI is InChI=1S/C12H18N2O2S/c1-9-13-6-11(17-9)7-14(8-12(15)16)10-4-2-3-5-10/h6,10H,2-5,7-8H2,1H3,(H,15,16). The predicted octanol–water partition coefficient (Wildman–Crippen LogP) is 2.28. The summed E-state index contributed by atoms with van der Waals surface area (Å²) in [5.74, 6) is -0.738. The van der Waals surface area contributed by atoms with E-state index in [0.717, 1.165) is 29.3 Å². The molecule has 1 fully saturated rings. The highest BCUT2D eigenvalue weighted by Crippen LogP contribution is 2.25. The van der Waals surface area contributed by atoms with E-state index in [1.54, 1.807) is 11.3 Å². The van der Waals surface area contributed by atoms with Gasteiger partial charge in [-0.25, -0.2) is 4.98 Å². The maximum atomic E-state index is 10.9. The molecule has 0 aliphatic heterocycles. The van der Waals surface area contributed by atoms with Gasteiger partial charge in [0.1, 0.15) is 0 Å². The van der Waals surface area contributed by atoms with Crippen LogP contribution in [0.5, 0.6) is 0 Å². The molecular weight excluding hydrogens is 236 g/mol. The summed E-state index contributed by atoms with van der Waals surface area (Å²) in [4.78, 5) is 18.4.